The molecule has 1 aliphatic heterocycles. The lowest BCUT2D eigenvalue weighted by atomic mass is 10.00. The second kappa shape index (κ2) is 5.60. The molecule has 0 aliphatic carbocycles. The summed E-state index contributed by atoms with van der Waals surface area (Å²) in [7, 11) is 0. The summed E-state index contributed by atoms with van der Waals surface area (Å²) in [4.78, 5) is 0. The highest BCUT2D eigenvalue weighted by atomic mass is 127. The van der Waals surface area contributed by atoms with Gasteiger partial charge in [0.25, 0.3) is 0 Å². The van der Waals surface area contributed by atoms with Gasteiger partial charge in [-0.1, -0.05) is 35.9 Å². The van der Waals surface area contributed by atoms with Crippen LogP contribution in [0.1, 0.15) is 27.6 Å². The molecule has 0 saturated heterocycles. The van der Waals surface area contributed by atoms with Gasteiger partial charge in [-0.15, -0.1) is 11.6 Å². The van der Waals surface area contributed by atoms with Crippen molar-refractivity contribution in [3.8, 4) is 0 Å². The maximum absolute atomic E-state index is 6.56. The number of hydrogen-bond acceptors (Lipinski definition) is 1. The van der Waals surface area contributed by atoms with E-state index in [1.54, 1.807) is 0 Å². The Morgan fingerprint density at radius 1 is 1.00 bits per heavy atom. The number of alkyl halides is 1. The fraction of sp³-hybridized carbons (Fsp3) is 0.200. The largest absolute Gasteiger partial charge is 0.372 e. The zero-order valence-corrected chi connectivity index (χ0v) is 13.7. The molecule has 0 bridgehead atoms. The van der Waals surface area contributed by atoms with Gasteiger partial charge in [0.15, 0.2) is 0 Å². The lowest BCUT2D eigenvalue weighted by Crippen LogP contribution is -1.96. The minimum atomic E-state index is -0.180. The smallest absolute Gasteiger partial charge is 0.0836 e. The Labute approximate surface area is 136 Å². The van der Waals surface area contributed by atoms with Gasteiger partial charge in [0.1, 0.15) is 0 Å². The van der Waals surface area contributed by atoms with Gasteiger partial charge < -0.3 is 4.74 Å². The normalized spacial score (nSPS) is 15.3. The number of fused-ring (bicyclic) bond motifs is 1. The fourth-order valence-corrected chi connectivity index (χ4v) is 3.01. The molecular formula is C15H11Cl2IO. The summed E-state index contributed by atoms with van der Waals surface area (Å²) in [6, 6.07) is 12.2. The Morgan fingerprint density at radius 3 is 2.47 bits per heavy atom. The van der Waals surface area contributed by atoms with Crippen molar-refractivity contribution in [2.45, 2.75) is 18.6 Å². The molecule has 0 saturated carbocycles. The van der Waals surface area contributed by atoms with E-state index in [0.29, 0.717) is 13.2 Å². The summed E-state index contributed by atoms with van der Waals surface area (Å²) in [6.45, 7) is 1.39. The molecule has 19 heavy (non-hydrogen) atoms. The van der Waals surface area contributed by atoms with Gasteiger partial charge in [-0.05, 0) is 57.0 Å². The van der Waals surface area contributed by atoms with Crippen molar-refractivity contribution in [1.82, 2.24) is 0 Å². The third-order valence-corrected chi connectivity index (χ3v) is 5.35. The summed E-state index contributed by atoms with van der Waals surface area (Å²) in [5.74, 6) is 0. The summed E-state index contributed by atoms with van der Waals surface area (Å²) in [5.41, 5.74) is 4.60. The summed E-state index contributed by atoms with van der Waals surface area (Å²) < 4.78 is 6.46. The standard InChI is InChI=1S/C15H11Cl2IO/c16-13-6-10(3-4-14(13)18)15(17)9-1-2-11-7-19-8-12(11)5-9/h1-6,15H,7-8H2. The predicted molar refractivity (Wildman–Crippen MR) is 86.8 cm³/mol. The van der Waals surface area contributed by atoms with E-state index < -0.39 is 0 Å². The van der Waals surface area contributed by atoms with Gasteiger partial charge in [0.2, 0.25) is 0 Å². The Morgan fingerprint density at radius 2 is 1.68 bits per heavy atom. The molecule has 1 atom stereocenters. The van der Waals surface area contributed by atoms with E-state index in [1.165, 1.54) is 11.1 Å². The monoisotopic (exact) mass is 404 g/mol. The van der Waals surface area contributed by atoms with Crippen LogP contribution in [0.2, 0.25) is 5.02 Å². The first-order valence-corrected chi connectivity index (χ1v) is 7.83. The molecule has 0 radical (unpaired) electrons. The van der Waals surface area contributed by atoms with E-state index in [2.05, 4.69) is 40.8 Å². The van der Waals surface area contributed by atoms with E-state index in [0.717, 1.165) is 19.7 Å². The van der Waals surface area contributed by atoms with Gasteiger partial charge in [-0.2, -0.15) is 0 Å². The lowest BCUT2D eigenvalue weighted by molar-refractivity contribution is 0.134. The van der Waals surface area contributed by atoms with Crippen LogP contribution in [0, 0.1) is 3.57 Å². The van der Waals surface area contributed by atoms with Gasteiger partial charge in [-0.3, -0.25) is 0 Å². The van der Waals surface area contributed by atoms with Crippen LogP contribution in [0.3, 0.4) is 0 Å². The zero-order chi connectivity index (χ0) is 13.4. The highest BCUT2D eigenvalue weighted by molar-refractivity contribution is 14.1. The van der Waals surface area contributed by atoms with Crippen molar-refractivity contribution in [3.05, 3.63) is 67.2 Å². The fourth-order valence-electron chi connectivity index (χ4n) is 2.21. The van der Waals surface area contributed by atoms with Crippen LogP contribution in [0.5, 0.6) is 0 Å². The number of halogens is 3. The van der Waals surface area contributed by atoms with Crippen LogP contribution < -0.4 is 0 Å². The SMILES string of the molecule is Clc1cc(C(Cl)c2ccc3c(c2)COC3)ccc1I. The summed E-state index contributed by atoms with van der Waals surface area (Å²) in [5, 5.41) is 0.564. The molecule has 1 heterocycles. The van der Waals surface area contributed by atoms with Crippen molar-refractivity contribution < 1.29 is 4.74 Å². The zero-order valence-electron chi connectivity index (χ0n) is 10.00. The molecule has 0 spiro atoms. The van der Waals surface area contributed by atoms with Gasteiger partial charge in [-0.25, -0.2) is 0 Å². The lowest BCUT2D eigenvalue weighted by Gasteiger charge is -2.12. The number of benzene rings is 2. The molecule has 0 fully saturated rings. The molecule has 2 aromatic carbocycles. The van der Waals surface area contributed by atoms with E-state index in [4.69, 9.17) is 27.9 Å². The van der Waals surface area contributed by atoms with Crippen LogP contribution >= 0.6 is 45.8 Å². The van der Waals surface area contributed by atoms with E-state index in [-0.39, 0.29) is 5.38 Å². The van der Waals surface area contributed by atoms with Crippen LogP contribution in [-0.4, -0.2) is 0 Å². The van der Waals surface area contributed by atoms with E-state index >= 15 is 0 Å². The Hall–Kier alpha value is -0.290. The molecule has 4 heteroatoms. The topological polar surface area (TPSA) is 9.23 Å². The molecule has 0 aromatic heterocycles. The molecule has 98 valence electrons. The first kappa shape index (κ1) is 13.7. The number of ether oxygens (including phenoxy) is 1. The predicted octanol–water partition coefficient (Wildman–Crippen LogP) is 5.30. The molecule has 1 aliphatic rings. The number of rotatable bonds is 2. The van der Waals surface area contributed by atoms with E-state index in [1.807, 2.05) is 18.2 Å². The average molecular weight is 405 g/mol. The summed E-state index contributed by atoms with van der Waals surface area (Å²) in [6.07, 6.45) is 0. The highest BCUT2D eigenvalue weighted by Gasteiger charge is 2.16. The maximum Gasteiger partial charge on any atom is 0.0836 e. The van der Waals surface area contributed by atoms with Gasteiger partial charge in [0.05, 0.1) is 23.6 Å². The van der Waals surface area contributed by atoms with Crippen LogP contribution in [0.15, 0.2) is 36.4 Å². The van der Waals surface area contributed by atoms with Crippen LogP contribution in [0.4, 0.5) is 0 Å². The average Bonchev–Trinajstić information content (AvgIpc) is 2.88. The van der Waals surface area contributed by atoms with Gasteiger partial charge in [0, 0.05) is 3.57 Å². The third-order valence-electron chi connectivity index (χ3n) is 3.27. The minimum absolute atomic E-state index is 0.180. The minimum Gasteiger partial charge on any atom is -0.372 e. The first-order chi connectivity index (χ1) is 9.15. The van der Waals surface area contributed by atoms with Crippen LogP contribution in [-0.2, 0) is 18.0 Å². The van der Waals surface area contributed by atoms with Crippen molar-refractivity contribution in [1.29, 1.82) is 0 Å². The van der Waals surface area contributed by atoms with Crippen molar-refractivity contribution >= 4 is 45.8 Å². The van der Waals surface area contributed by atoms with Crippen molar-refractivity contribution in [3.63, 3.8) is 0 Å². The third kappa shape index (κ3) is 2.77. The molecule has 1 unspecified atom stereocenters. The Bertz CT molecular complexity index is 628. The Kier molecular flexibility index (Phi) is 4.03. The second-order valence-corrected chi connectivity index (χ2v) is 6.56. The second-order valence-electron chi connectivity index (χ2n) is 4.56. The molecule has 3 rings (SSSR count). The molecule has 2 aromatic rings. The first-order valence-electron chi connectivity index (χ1n) is 5.93. The van der Waals surface area contributed by atoms with Crippen molar-refractivity contribution in [2.24, 2.45) is 0 Å². The molecule has 1 nitrogen and oxygen atoms in total. The van der Waals surface area contributed by atoms with E-state index in [9.17, 15) is 0 Å². The Balaban J connectivity index is 1.94. The quantitative estimate of drug-likeness (QED) is 0.487. The molecular weight excluding hydrogens is 394 g/mol. The maximum atomic E-state index is 6.56. The highest BCUT2D eigenvalue weighted by Crippen LogP contribution is 2.33. The van der Waals surface area contributed by atoms with Crippen LogP contribution in [0.25, 0.3) is 0 Å². The van der Waals surface area contributed by atoms with Crippen molar-refractivity contribution in [2.75, 3.05) is 0 Å². The molecule has 0 N–H and O–H groups in total. The summed E-state index contributed by atoms with van der Waals surface area (Å²) >= 11 is 14.9. The molecule has 0 amide bonds. The number of hydrogen-bond donors (Lipinski definition) is 0. The van der Waals surface area contributed by atoms with Gasteiger partial charge >= 0.3 is 0 Å².